The van der Waals surface area contributed by atoms with Gasteiger partial charge in [0.15, 0.2) is 0 Å². The molecule has 3 fully saturated rings. The summed E-state index contributed by atoms with van der Waals surface area (Å²) in [6, 6.07) is 14.9. The second-order valence-electron chi connectivity index (χ2n) is 7.94. The molecule has 4 aliphatic carbocycles. The minimum Gasteiger partial charge on any atom is -0.299 e. The van der Waals surface area contributed by atoms with Crippen LogP contribution in [0.3, 0.4) is 0 Å². The first-order valence-electron chi connectivity index (χ1n) is 8.99. The smallest absolute Gasteiger partial charge is 0.147 e. The Kier molecular flexibility index (Phi) is 2.32. The first kappa shape index (κ1) is 13.1. The number of Topliss-reactive ketones (excluding diaryl/α,β-unsaturated/α-hetero) is 2. The first-order valence-corrected chi connectivity index (χ1v) is 8.99. The van der Waals surface area contributed by atoms with E-state index in [0.717, 1.165) is 6.42 Å². The molecule has 7 atom stereocenters. The van der Waals surface area contributed by atoms with Crippen molar-refractivity contribution in [3.05, 3.63) is 60.2 Å². The van der Waals surface area contributed by atoms with E-state index >= 15 is 0 Å². The van der Waals surface area contributed by atoms with Crippen molar-refractivity contribution < 1.29 is 9.59 Å². The van der Waals surface area contributed by atoms with E-state index in [1.54, 1.807) is 0 Å². The van der Waals surface area contributed by atoms with Crippen LogP contribution in [0, 0.1) is 35.5 Å². The van der Waals surface area contributed by atoms with E-state index in [-0.39, 0.29) is 35.5 Å². The zero-order valence-corrected chi connectivity index (χ0v) is 13.3. The Hall–Kier alpha value is -2.22. The molecular weight excluding hydrogens is 296 g/mol. The average Bonchev–Trinajstić information content (AvgIpc) is 3.31. The average molecular weight is 314 g/mol. The van der Waals surface area contributed by atoms with Gasteiger partial charge < -0.3 is 0 Å². The van der Waals surface area contributed by atoms with Gasteiger partial charge in [0.05, 0.1) is 0 Å². The summed E-state index contributed by atoms with van der Waals surface area (Å²) in [5.41, 5.74) is 1.31. The molecule has 3 saturated carbocycles. The maximum atomic E-state index is 13.0. The van der Waals surface area contributed by atoms with E-state index < -0.39 is 0 Å². The molecule has 2 nitrogen and oxygen atoms in total. The predicted octanol–water partition coefficient (Wildman–Crippen LogP) is 3.76. The highest BCUT2D eigenvalue weighted by atomic mass is 16.1. The van der Waals surface area contributed by atoms with Crippen LogP contribution < -0.4 is 0 Å². The molecule has 0 heterocycles. The van der Waals surface area contributed by atoms with Crippen LogP contribution in [0.25, 0.3) is 10.8 Å². The van der Waals surface area contributed by atoms with E-state index in [9.17, 15) is 9.59 Å². The number of ketones is 2. The molecule has 0 amide bonds. The first-order chi connectivity index (χ1) is 11.8. The molecule has 2 aromatic carbocycles. The highest BCUT2D eigenvalue weighted by Gasteiger charge is 2.68. The molecule has 0 radical (unpaired) electrons. The number of carbonyl (C=O) groups is 2. The van der Waals surface area contributed by atoms with E-state index in [4.69, 9.17) is 0 Å². The Morgan fingerprint density at radius 1 is 0.750 bits per heavy atom. The van der Waals surface area contributed by atoms with E-state index in [0.29, 0.717) is 17.5 Å². The minimum atomic E-state index is 0.0109. The zero-order valence-electron chi connectivity index (χ0n) is 13.3. The summed E-state index contributed by atoms with van der Waals surface area (Å²) in [5.74, 6) is 1.88. The molecule has 6 rings (SSSR count). The summed E-state index contributed by atoms with van der Waals surface area (Å²) in [6.07, 6.45) is 5.10. The van der Waals surface area contributed by atoms with Gasteiger partial charge in [0, 0.05) is 23.7 Å². The summed E-state index contributed by atoms with van der Waals surface area (Å²) >= 11 is 0. The number of carbonyl (C=O) groups excluding carboxylic acids is 2. The number of hydrogen-bond acceptors (Lipinski definition) is 2. The topological polar surface area (TPSA) is 34.1 Å². The fourth-order valence-corrected chi connectivity index (χ4v) is 6.43. The van der Waals surface area contributed by atoms with Crippen LogP contribution >= 0.6 is 0 Å². The lowest BCUT2D eigenvalue weighted by Gasteiger charge is -2.34. The van der Waals surface area contributed by atoms with Crippen molar-refractivity contribution in [1.29, 1.82) is 0 Å². The van der Waals surface area contributed by atoms with Gasteiger partial charge in [-0.3, -0.25) is 9.59 Å². The van der Waals surface area contributed by atoms with Crippen molar-refractivity contribution in [3.63, 3.8) is 0 Å². The number of hydrogen-bond donors (Lipinski definition) is 0. The van der Waals surface area contributed by atoms with Gasteiger partial charge in [0.1, 0.15) is 11.6 Å². The third kappa shape index (κ3) is 1.35. The molecule has 0 saturated heterocycles. The van der Waals surface area contributed by atoms with Gasteiger partial charge in [-0.15, -0.1) is 0 Å². The van der Waals surface area contributed by atoms with Gasteiger partial charge in [0.2, 0.25) is 0 Å². The molecule has 0 aliphatic heterocycles. The second-order valence-corrected chi connectivity index (χ2v) is 7.94. The highest BCUT2D eigenvalue weighted by Crippen LogP contribution is 2.66. The molecule has 4 bridgehead atoms. The zero-order chi connectivity index (χ0) is 16.0. The lowest BCUT2D eigenvalue weighted by atomic mass is 9.67. The van der Waals surface area contributed by atoms with Gasteiger partial charge in [-0.1, -0.05) is 54.6 Å². The Balaban J connectivity index is 1.50. The molecule has 4 aliphatic rings. The van der Waals surface area contributed by atoms with Crippen LogP contribution in [0.1, 0.15) is 17.9 Å². The molecule has 0 N–H and O–H groups in total. The van der Waals surface area contributed by atoms with Gasteiger partial charge in [-0.2, -0.15) is 0 Å². The van der Waals surface area contributed by atoms with Crippen molar-refractivity contribution in [1.82, 2.24) is 0 Å². The van der Waals surface area contributed by atoms with Crippen molar-refractivity contribution in [3.8, 4) is 0 Å². The molecule has 2 heteroatoms. The molecule has 0 aromatic heterocycles. The van der Waals surface area contributed by atoms with Crippen LogP contribution in [-0.2, 0) is 9.59 Å². The molecule has 118 valence electrons. The minimum absolute atomic E-state index is 0.0109. The van der Waals surface area contributed by atoms with Gasteiger partial charge in [-0.25, -0.2) is 0 Å². The number of allylic oxidation sites excluding steroid dienone is 2. The second kappa shape index (κ2) is 4.24. The van der Waals surface area contributed by atoms with Gasteiger partial charge in [-0.05, 0) is 40.5 Å². The number of rotatable bonds is 1. The molecule has 24 heavy (non-hydrogen) atoms. The van der Waals surface area contributed by atoms with E-state index in [2.05, 4.69) is 54.6 Å². The third-order valence-electron chi connectivity index (χ3n) is 7.19. The summed E-state index contributed by atoms with van der Waals surface area (Å²) in [4.78, 5) is 25.5. The van der Waals surface area contributed by atoms with Gasteiger partial charge in [0.25, 0.3) is 0 Å². The van der Waals surface area contributed by atoms with Crippen LogP contribution in [0.4, 0.5) is 0 Å². The molecule has 0 spiro atoms. The summed E-state index contributed by atoms with van der Waals surface area (Å²) in [5, 5.41) is 2.51. The van der Waals surface area contributed by atoms with Crippen LogP contribution in [0.5, 0.6) is 0 Å². The Morgan fingerprint density at radius 2 is 1.50 bits per heavy atom. The molecule has 2 aromatic rings. The Labute approximate surface area is 140 Å². The monoisotopic (exact) mass is 314 g/mol. The van der Waals surface area contributed by atoms with Crippen molar-refractivity contribution in [2.24, 2.45) is 35.5 Å². The van der Waals surface area contributed by atoms with E-state index in [1.165, 1.54) is 16.3 Å². The number of fused-ring (bicyclic) bond motifs is 10. The summed E-state index contributed by atoms with van der Waals surface area (Å²) in [7, 11) is 0. The highest BCUT2D eigenvalue weighted by molar-refractivity contribution is 6.00. The fourth-order valence-electron chi connectivity index (χ4n) is 6.43. The van der Waals surface area contributed by atoms with Crippen molar-refractivity contribution in [2.45, 2.75) is 12.3 Å². The Bertz CT molecular complexity index is 935. The lowest BCUT2D eigenvalue weighted by Crippen LogP contribution is -2.30. The van der Waals surface area contributed by atoms with E-state index in [1.807, 2.05) is 0 Å². The SMILES string of the molecule is O=C1C2C=CC1C1C3C(=O)C(CC3c3cccc4ccccc34)C21. The van der Waals surface area contributed by atoms with Crippen molar-refractivity contribution >= 4 is 22.3 Å². The maximum absolute atomic E-state index is 13.0. The third-order valence-corrected chi connectivity index (χ3v) is 7.19. The molecular formula is C22H18O2. The lowest BCUT2D eigenvalue weighted by molar-refractivity contribution is -0.125. The van der Waals surface area contributed by atoms with Crippen LogP contribution in [0.15, 0.2) is 54.6 Å². The normalized spacial score (nSPS) is 41.6. The quantitative estimate of drug-likeness (QED) is 0.593. The summed E-state index contributed by atoms with van der Waals surface area (Å²) < 4.78 is 0. The largest absolute Gasteiger partial charge is 0.299 e. The Morgan fingerprint density at radius 3 is 2.38 bits per heavy atom. The van der Waals surface area contributed by atoms with Gasteiger partial charge >= 0.3 is 0 Å². The van der Waals surface area contributed by atoms with Crippen LogP contribution in [0.2, 0.25) is 0 Å². The maximum Gasteiger partial charge on any atom is 0.147 e. The number of benzene rings is 2. The molecule has 7 unspecified atom stereocenters. The summed E-state index contributed by atoms with van der Waals surface area (Å²) in [6.45, 7) is 0. The van der Waals surface area contributed by atoms with Crippen LogP contribution in [-0.4, -0.2) is 11.6 Å². The standard InChI is InChI=1S/C22H18O2/c23-21-14-8-9-15(21)19-18(14)17-10-16(20(19)22(17)24)13-7-3-5-11-4-1-2-6-12(11)13/h1-9,14-20H,10H2. The predicted molar refractivity (Wildman–Crippen MR) is 91.4 cm³/mol. The fraction of sp³-hybridized carbons (Fsp3) is 0.364. The van der Waals surface area contributed by atoms with Crippen molar-refractivity contribution in [2.75, 3.05) is 0 Å².